The molecule has 0 spiro atoms. The molecule has 0 atom stereocenters. The van der Waals surface area contributed by atoms with E-state index in [1.165, 1.54) is 25.7 Å². The summed E-state index contributed by atoms with van der Waals surface area (Å²) in [6.45, 7) is 0.570. The molecule has 18 heavy (non-hydrogen) atoms. The second-order valence-electron chi connectivity index (χ2n) is 4.70. The van der Waals surface area contributed by atoms with E-state index >= 15 is 0 Å². The zero-order valence-corrected chi connectivity index (χ0v) is 10.8. The minimum atomic E-state index is -0.168. The van der Waals surface area contributed by atoms with E-state index in [-0.39, 0.29) is 6.03 Å². The number of carbonyl (C=O) groups is 1. The number of nitrogens with zero attached hydrogens (tertiary/aromatic N) is 2. The van der Waals surface area contributed by atoms with E-state index in [0.717, 1.165) is 11.5 Å². The largest absolute Gasteiger partial charge is 0.384 e. The Bertz CT molecular complexity index is 409. The molecule has 2 amide bonds. The fraction of sp³-hybridized carbons (Fsp3) is 0.667. The number of anilines is 1. The van der Waals surface area contributed by atoms with Gasteiger partial charge in [0, 0.05) is 26.1 Å². The summed E-state index contributed by atoms with van der Waals surface area (Å²) >= 11 is 0. The standard InChI is InChI=1S/C12H21N5O/c1-14-12(18)15-7-6-9-8-11(13)17(16-9)10-4-2-3-5-10/h8,10H,2-7,13H2,1H3,(H2,14,15,18). The van der Waals surface area contributed by atoms with E-state index in [4.69, 9.17) is 5.73 Å². The van der Waals surface area contributed by atoms with Crippen LogP contribution in [0.4, 0.5) is 10.6 Å². The molecular weight excluding hydrogens is 230 g/mol. The van der Waals surface area contributed by atoms with Crippen LogP contribution in [0.2, 0.25) is 0 Å². The summed E-state index contributed by atoms with van der Waals surface area (Å²) in [7, 11) is 1.60. The third-order valence-electron chi connectivity index (χ3n) is 3.38. The summed E-state index contributed by atoms with van der Waals surface area (Å²) in [6.07, 6.45) is 5.57. The molecule has 1 aromatic rings. The molecule has 0 aliphatic heterocycles. The van der Waals surface area contributed by atoms with Crippen molar-refractivity contribution >= 4 is 11.8 Å². The third-order valence-corrected chi connectivity index (χ3v) is 3.38. The van der Waals surface area contributed by atoms with E-state index in [2.05, 4.69) is 15.7 Å². The average molecular weight is 251 g/mol. The minimum Gasteiger partial charge on any atom is -0.384 e. The van der Waals surface area contributed by atoms with Crippen LogP contribution < -0.4 is 16.4 Å². The van der Waals surface area contributed by atoms with Gasteiger partial charge in [0.1, 0.15) is 5.82 Å². The molecule has 0 radical (unpaired) electrons. The molecule has 1 aromatic heterocycles. The van der Waals surface area contributed by atoms with Gasteiger partial charge in [0.2, 0.25) is 0 Å². The van der Waals surface area contributed by atoms with Gasteiger partial charge in [-0.2, -0.15) is 5.10 Å². The molecule has 1 heterocycles. The predicted molar refractivity (Wildman–Crippen MR) is 70.3 cm³/mol. The number of urea groups is 1. The Balaban J connectivity index is 1.90. The number of nitrogens with two attached hydrogens (primary N) is 1. The SMILES string of the molecule is CNC(=O)NCCc1cc(N)n(C2CCCC2)n1. The molecule has 4 N–H and O–H groups in total. The van der Waals surface area contributed by atoms with Crippen molar-refractivity contribution in [3.8, 4) is 0 Å². The minimum absolute atomic E-state index is 0.168. The normalized spacial score (nSPS) is 15.8. The van der Waals surface area contributed by atoms with Gasteiger partial charge in [-0.1, -0.05) is 12.8 Å². The summed E-state index contributed by atoms with van der Waals surface area (Å²) in [5.74, 6) is 0.733. The van der Waals surface area contributed by atoms with Crippen LogP contribution in [0.15, 0.2) is 6.07 Å². The van der Waals surface area contributed by atoms with Crippen molar-refractivity contribution < 1.29 is 4.79 Å². The van der Waals surface area contributed by atoms with Gasteiger partial charge in [0.05, 0.1) is 11.7 Å². The van der Waals surface area contributed by atoms with Gasteiger partial charge in [-0.25, -0.2) is 9.48 Å². The Morgan fingerprint density at radius 3 is 2.94 bits per heavy atom. The lowest BCUT2D eigenvalue weighted by atomic mass is 10.2. The van der Waals surface area contributed by atoms with Gasteiger partial charge in [-0.05, 0) is 12.8 Å². The number of amides is 2. The van der Waals surface area contributed by atoms with Crippen LogP contribution in [-0.2, 0) is 6.42 Å². The van der Waals surface area contributed by atoms with E-state index in [0.29, 0.717) is 19.0 Å². The summed E-state index contributed by atoms with van der Waals surface area (Å²) in [5, 5.41) is 9.79. The van der Waals surface area contributed by atoms with Crippen LogP contribution >= 0.6 is 0 Å². The van der Waals surface area contributed by atoms with Gasteiger partial charge < -0.3 is 16.4 Å². The molecule has 1 saturated carbocycles. The predicted octanol–water partition coefficient (Wildman–Crippen LogP) is 1.05. The van der Waals surface area contributed by atoms with Crippen molar-refractivity contribution in [2.45, 2.75) is 38.1 Å². The lowest BCUT2D eigenvalue weighted by molar-refractivity contribution is 0.243. The second kappa shape index (κ2) is 5.75. The molecule has 2 rings (SSSR count). The molecule has 0 unspecified atom stereocenters. The molecule has 6 heteroatoms. The van der Waals surface area contributed by atoms with Gasteiger partial charge >= 0.3 is 6.03 Å². The number of nitrogens with one attached hydrogen (secondary N) is 2. The van der Waals surface area contributed by atoms with Crippen LogP contribution in [0.5, 0.6) is 0 Å². The molecule has 100 valence electrons. The number of rotatable bonds is 4. The Morgan fingerprint density at radius 1 is 1.56 bits per heavy atom. The fourth-order valence-corrected chi connectivity index (χ4v) is 2.42. The van der Waals surface area contributed by atoms with Crippen molar-refractivity contribution in [1.82, 2.24) is 20.4 Å². The molecule has 1 aliphatic rings. The lowest BCUT2D eigenvalue weighted by Gasteiger charge is -2.11. The van der Waals surface area contributed by atoms with Gasteiger partial charge in [-0.15, -0.1) is 0 Å². The van der Waals surface area contributed by atoms with Crippen molar-refractivity contribution in [3.05, 3.63) is 11.8 Å². The van der Waals surface area contributed by atoms with Gasteiger partial charge in [0.15, 0.2) is 0 Å². The van der Waals surface area contributed by atoms with Crippen molar-refractivity contribution in [3.63, 3.8) is 0 Å². The van der Waals surface area contributed by atoms with Gasteiger partial charge in [-0.3, -0.25) is 0 Å². The lowest BCUT2D eigenvalue weighted by Crippen LogP contribution is -2.34. The topological polar surface area (TPSA) is 85.0 Å². The van der Waals surface area contributed by atoms with Crippen LogP contribution in [0.1, 0.15) is 37.4 Å². The maximum Gasteiger partial charge on any atom is 0.314 e. The number of aromatic nitrogens is 2. The Labute approximate surface area is 107 Å². The Morgan fingerprint density at radius 2 is 2.28 bits per heavy atom. The van der Waals surface area contributed by atoms with E-state index in [1.807, 2.05) is 10.7 Å². The highest BCUT2D eigenvalue weighted by molar-refractivity contribution is 5.73. The quantitative estimate of drug-likeness (QED) is 0.747. The third kappa shape index (κ3) is 2.94. The van der Waals surface area contributed by atoms with Gasteiger partial charge in [0.25, 0.3) is 0 Å². The first-order chi connectivity index (χ1) is 8.70. The highest BCUT2D eigenvalue weighted by atomic mass is 16.2. The van der Waals surface area contributed by atoms with Crippen LogP contribution in [0.3, 0.4) is 0 Å². The first kappa shape index (κ1) is 12.7. The van der Waals surface area contributed by atoms with E-state index in [9.17, 15) is 4.79 Å². The van der Waals surface area contributed by atoms with Crippen molar-refractivity contribution in [2.75, 3.05) is 19.3 Å². The molecule has 0 bridgehead atoms. The van der Waals surface area contributed by atoms with Crippen LogP contribution in [0.25, 0.3) is 0 Å². The highest BCUT2D eigenvalue weighted by Crippen LogP contribution is 2.30. The van der Waals surface area contributed by atoms with Crippen LogP contribution in [0, 0.1) is 0 Å². The fourth-order valence-electron chi connectivity index (χ4n) is 2.42. The summed E-state index contributed by atoms with van der Waals surface area (Å²) in [6, 6.07) is 2.20. The zero-order valence-electron chi connectivity index (χ0n) is 10.8. The second-order valence-corrected chi connectivity index (χ2v) is 4.70. The number of hydrogen-bond donors (Lipinski definition) is 3. The molecular formula is C12H21N5O. The maximum atomic E-state index is 11.0. The smallest absolute Gasteiger partial charge is 0.314 e. The summed E-state index contributed by atoms with van der Waals surface area (Å²) < 4.78 is 1.95. The molecule has 1 aliphatic carbocycles. The van der Waals surface area contributed by atoms with E-state index < -0.39 is 0 Å². The molecule has 1 fully saturated rings. The number of hydrogen-bond acceptors (Lipinski definition) is 3. The monoisotopic (exact) mass is 251 g/mol. The Hall–Kier alpha value is -1.72. The first-order valence-electron chi connectivity index (χ1n) is 6.50. The highest BCUT2D eigenvalue weighted by Gasteiger charge is 2.20. The van der Waals surface area contributed by atoms with Crippen molar-refractivity contribution in [2.24, 2.45) is 0 Å². The van der Waals surface area contributed by atoms with Crippen LogP contribution in [-0.4, -0.2) is 29.4 Å². The summed E-state index contributed by atoms with van der Waals surface area (Å²) in [4.78, 5) is 11.0. The zero-order chi connectivity index (χ0) is 13.0. The van der Waals surface area contributed by atoms with Crippen molar-refractivity contribution in [1.29, 1.82) is 0 Å². The maximum absolute atomic E-state index is 11.0. The van der Waals surface area contributed by atoms with E-state index in [1.54, 1.807) is 7.05 Å². The average Bonchev–Trinajstić information content (AvgIpc) is 2.98. The molecule has 0 saturated heterocycles. The summed E-state index contributed by atoms with van der Waals surface area (Å²) in [5.41, 5.74) is 6.92. The Kier molecular flexibility index (Phi) is 4.07. The molecule has 0 aromatic carbocycles. The number of carbonyl (C=O) groups excluding carboxylic acids is 1. The molecule has 6 nitrogen and oxygen atoms in total. The number of nitrogen functional groups attached to an aromatic ring is 1. The first-order valence-corrected chi connectivity index (χ1v) is 6.50.